The average molecular weight is 399 g/mol. The molecule has 9 heteroatoms. The van der Waals surface area contributed by atoms with Gasteiger partial charge < -0.3 is 19.5 Å². The Morgan fingerprint density at radius 2 is 1.81 bits per heavy atom. The van der Waals surface area contributed by atoms with E-state index in [4.69, 9.17) is 14.2 Å². The number of carbonyl (C=O) groups is 2. The first-order valence-electron chi connectivity index (χ1n) is 8.64. The zero-order valence-corrected chi connectivity index (χ0v) is 16.5. The molecule has 0 unspecified atom stereocenters. The predicted octanol–water partition coefficient (Wildman–Crippen LogP) is 0.871. The molecule has 0 aromatic heterocycles. The normalized spacial score (nSPS) is 19.1. The lowest BCUT2D eigenvalue weighted by Crippen LogP contribution is -2.42. The predicted molar refractivity (Wildman–Crippen MR) is 98.6 cm³/mol. The number of methoxy groups -OCH3 is 2. The van der Waals surface area contributed by atoms with Crippen molar-refractivity contribution < 1.29 is 32.2 Å². The summed E-state index contributed by atoms with van der Waals surface area (Å²) in [5.41, 5.74) is 0.844. The molecule has 0 bridgehead atoms. The summed E-state index contributed by atoms with van der Waals surface area (Å²) in [6.07, 6.45) is -0.111. The molecule has 2 atom stereocenters. The fourth-order valence-electron chi connectivity index (χ4n) is 2.79. The van der Waals surface area contributed by atoms with Crippen LogP contribution < -0.4 is 14.8 Å². The second kappa shape index (κ2) is 9.07. The largest absolute Gasteiger partial charge is 0.497 e. The van der Waals surface area contributed by atoms with E-state index < -0.39 is 33.9 Å². The zero-order chi connectivity index (χ0) is 20.0. The second-order valence-corrected chi connectivity index (χ2v) is 8.69. The summed E-state index contributed by atoms with van der Waals surface area (Å²) in [5.74, 6) is 0.230. The van der Waals surface area contributed by atoms with Gasteiger partial charge in [-0.25, -0.2) is 8.42 Å². The summed E-state index contributed by atoms with van der Waals surface area (Å²) >= 11 is 0. The molecule has 27 heavy (non-hydrogen) atoms. The third-order valence-electron chi connectivity index (χ3n) is 4.29. The summed E-state index contributed by atoms with van der Waals surface area (Å²) in [5, 5.41) is 2.62. The van der Waals surface area contributed by atoms with Gasteiger partial charge in [-0.3, -0.25) is 9.59 Å². The number of rotatable bonds is 8. The van der Waals surface area contributed by atoms with Gasteiger partial charge in [0.2, 0.25) is 0 Å². The van der Waals surface area contributed by atoms with Crippen molar-refractivity contribution in [1.82, 2.24) is 5.32 Å². The number of esters is 1. The van der Waals surface area contributed by atoms with Crippen molar-refractivity contribution in [2.75, 3.05) is 25.7 Å². The molecule has 150 valence electrons. The molecule has 0 spiro atoms. The van der Waals surface area contributed by atoms with Gasteiger partial charge in [0.15, 0.2) is 15.9 Å². The highest BCUT2D eigenvalue weighted by Gasteiger charge is 2.30. The highest BCUT2D eigenvalue weighted by Crippen LogP contribution is 2.23. The third-order valence-corrected chi connectivity index (χ3v) is 6.05. The van der Waals surface area contributed by atoms with Gasteiger partial charge in [-0.05, 0) is 37.5 Å². The van der Waals surface area contributed by atoms with Crippen LogP contribution in [-0.4, -0.2) is 58.2 Å². The van der Waals surface area contributed by atoms with E-state index in [9.17, 15) is 18.0 Å². The lowest BCUT2D eigenvalue weighted by molar-refractivity contribution is -0.155. The molecule has 1 aromatic carbocycles. The standard InChI is InChI=1S/C18H25NO7S/c1-12(18(21)19-14-6-7-27(22,23)11-14)26-17(20)5-4-13-8-15(24-2)10-16(9-13)25-3/h8-10,12,14H,4-7,11H2,1-3H3,(H,19,21)/t12-,14+/m0/s1. The van der Waals surface area contributed by atoms with Crippen LogP contribution in [0.4, 0.5) is 0 Å². The number of ether oxygens (including phenoxy) is 3. The minimum absolute atomic E-state index is 0.0656. The molecule has 1 amide bonds. The molecule has 1 N–H and O–H groups in total. The van der Waals surface area contributed by atoms with Gasteiger partial charge in [0.1, 0.15) is 11.5 Å². The van der Waals surface area contributed by atoms with Crippen molar-refractivity contribution in [1.29, 1.82) is 0 Å². The van der Waals surface area contributed by atoms with E-state index >= 15 is 0 Å². The van der Waals surface area contributed by atoms with E-state index in [1.54, 1.807) is 32.4 Å². The van der Waals surface area contributed by atoms with Crippen LogP contribution in [0.15, 0.2) is 18.2 Å². The van der Waals surface area contributed by atoms with Gasteiger partial charge in [0, 0.05) is 18.5 Å². The lowest BCUT2D eigenvalue weighted by atomic mass is 10.1. The maximum absolute atomic E-state index is 12.1. The van der Waals surface area contributed by atoms with Crippen LogP contribution in [0.5, 0.6) is 11.5 Å². The molecular weight excluding hydrogens is 374 g/mol. The Morgan fingerprint density at radius 1 is 1.19 bits per heavy atom. The van der Waals surface area contributed by atoms with Gasteiger partial charge >= 0.3 is 5.97 Å². The maximum atomic E-state index is 12.1. The van der Waals surface area contributed by atoms with Crippen LogP contribution >= 0.6 is 0 Å². The Morgan fingerprint density at radius 3 is 2.33 bits per heavy atom. The Kier molecular flexibility index (Phi) is 7.06. The first-order valence-corrected chi connectivity index (χ1v) is 10.5. The summed E-state index contributed by atoms with van der Waals surface area (Å²) in [4.78, 5) is 24.1. The Bertz CT molecular complexity index is 769. The highest BCUT2D eigenvalue weighted by molar-refractivity contribution is 7.91. The molecular formula is C18H25NO7S. The topological polar surface area (TPSA) is 108 Å². The van der Waals surface area contributed by atoms with E-state index in [0.29, 0.717) is 24.3 Å². The number of amides is 1. The Balaban J connectivity index is 1.82. The number of nitrogens with one attached hydrogen (secondary N) is 1. The SMILES string of the molecule is COc1cc(CCC(=O)O[C@@H](C)C(=O)N[C@@H]2CCS(=O)(=O)C2)cc(OC)c1. The zero-order valence-electron chi connectivity index (χ0n) is 15.7. The smallest absolute Gasteiger partial charge is 0.306 e. The summed E-state index contributed by atoms with van der Waals surface area (Å²) in [7, 11) is 0.00506. The average Bonchev–Trinajstić information content (AvgIpc) is 2.97. The molecule has 1 aliphatic heterocycles. The van der Waals surface area contributed by atoms with Crippen molar-refractivity contribution in [3.63, 3.8) is 0 Å². The van der Waals surface area contributed by atoms with E-state index in [0.717, 1.165) is 5.56 Å². The second-order valence-electron chi connectivity index (χ2n) is 6.46. The molecule has 1 fully saturated rings. The number of benzene rings is 1. The molecule has 2 rings (SSSR count). The van der Waals surface area contributed by atoms with Crippen LogP contribution in [0.1, 0.15) is 25.3 Å². The maximum Gasteiger partial charge on any atom is 0.306 e. The Hall–Kier alpha value is -2.29. The number of carbonyl (C=O) groups excluding carboxylic acids is 2. The van der Waals surface area contributed by atoms with Crippen LogP contribution in [0.3, 0.4) is 0 Å². The van der Waals surface area contributed by atoms with Gasteiger partial charge in [0.05, 0.1) is 25.7 Å². The highest BCUT2D eigenvalue weighted by atomic mass is 32.2. The number of aryl methyl sites for hydroxylation is 1. The van der Waals surface area contributed by atoms with E-state index in [1.807, 2.05) is 0 Å². The molecule has 0 radical (unpaired) electrons. The monoisotopic (exact) mass is 399 g/mol. The molecule has 1 heterocycles. The summed E-state index contributed by atoms with van der Waals surface area (Å²) in [6.45, 7) is 1.46. The summed E-state index contributed by atoms with van der Waals surface area (Å²) in [6, 6.07) is 4.91. The number of hydrogen-bond donors (Lipinski definition) is 1. The fourth-order valence-corrected chi connectivity index (χ4v) is 4.47. The van der Waals surface area contributed by atoms with Gasteiger partial charge in [-0.15, -0.1) is 0 Å². The van der Waals surface area contributed by atoms with Crippen molar-refractivity contribution in [2.24, 2.45) is 0 Å². The Labute approximate surface area is 159 Å². The minimum atomic E-state index is -3.08. The van der Waals surface area contributed by atoms with Crippen LogP contribution in [0, 0.1) is 0 Å². The van der Waals surface area contributed by atoms with Crippen molar-refractivity contribution in [3.8, 4) is 11.5 Å². The van der Waals surface area contributed by atoms with E-state index in [1.165, 1.54) is 6.92 Å². The van der Waals surface area contributed by atoms with E-state index in [2.05, 4.69) is 5.32 Å². The van der Waals surface area contributed by atoms with Crippen molar-refractivity contribution in [3.05, 3.63) is 23.8 Å². The molecule has 0 aliphatic carbocycles. The van der Waals surface area contributed by atoms with Crippen LogP contribution in [0.25, 0.3) is 0 Å². The number of sulfone groups is 1. The van der Waals surface area contributed by atoms with Crippen molar-refractivity contribution >= 4 is 21.7 Å². The molecule has 8 nitrogen and oxygen atoms in total. The molecule has 1 saturated heterocycles. The van der Waals surface area contributed by atoms with E-state index in [-0.39, 0.29) is 17.9 Å². The van der Waals surface area contributed by atoms with Crippen LogP contribution in [0.2, 0.25) is 0 Å². The third kappa shape index (κ3) is 6.42. The van der Waals surface area contributed by atoms with Gasteiger partial charge in [-0.2, -0.15) is 0 Å². The van der Waals surface area contributed by atoms with Crippen LogP contribution in [-0.2, 0) is 30.6 Å². The molecule has 1 aliphatic rings. The first-order chi connectivity index (χ1) is 12.7. The fraction of sp³-hybridized carbons (Fsp3) is 0.556. The summed E-state index contributed by atoms with van der Waals surface area (Å²) < 4.78 is 38.4. The number of hydrogen-bond acceptors (Lipinski definition) is 7. The lowest BCUT2D eigenvalue weighted by Gasteiger charge is -2.16. The first kappa shape index (κ1) is 21.0. The minimum Gasteiger partial charge on any atom is -0.497 e. The van der Waals surface area contributed by atoms with Gasteiger partial charge in [0.25, 0.3) is 5.91 Å². The molecule has 0 saturated carbocycles. The van der Waals surface area contributed by atoms with Crippen molar-refractivity contribution in [2.45, 2.75) is 38.3 Å². The molecule has 1 aromatic rings. The quantitative estimate of drug-likeness (QED) is 0.646. The van der Waals surface area contributed by atoms with Gasteiger partial charge in [-0.1, -0.05) is 0 Å².